The molecular weight excluding hydrogens is 472 g/mol. The van der Waals surface area contributed by atoms with Gasteiger partial charge < -0.3 is 23.1 Å². The number of hydrogen-bond acceptors (Lipinski definition) is 7. The van der Waals surface area contributed by atoms with E-state index in [1.165, 1.54) is 16.8 Å². The van der Waals surface area contributed by atoms with E-state index in [2.05, 4.69) is 72.7 Å². The summed E-state index contributed by atoms with van der Waals surface area (Å²) in [5.74, 6) is 0. The maximum atomic E-state index is 12.7. The zero-order valence-electron chi connectivity index (χ0n) is 22.7. The quantitative estimate of drug-likeness (QED) is 0.393. The van der Waals surface area contributed by atoms with Gasteiger partial charge in [0.05, 0.1) is 6.61 Å². The van der Waals surface area contributed by atoms with Gasteiger partial charge >= 0.3 is 5.69 Å². The molecule has 1 aromatic rings. The smallest absolute Gasteiger partial charge is 0.330 e. The number of nitrogens with zero attached hydrogens (tertiary/aromatic N) is 1. The minimum Gasteiger partial charge on any atom is -0.414 e. The number of hydrogen-bond donors (Lipinski definition) is 1. The molecule has 196 valence electrons. The fourth-order valence-corrected chi connectivity index (χ4v) is 5.49. The van der Waals surface area contributed by atoms with E-state index in [4.69, 9.17) is 23.1 Å². The number of aromatic nitrogens is 2. The predicted molar refractivity (Wildman–Crippen MR) is 137 cm³/mol. The summed E-state index contributed by atoms with van der Waals surface area (Å²) in [7, 11) is -2.80. The highest BCUT2D eigenvalue weighted by Gasteiger charge is 2.52. The molecule has 34 heavy (non-hydrogen) atoms. The van der Waals surface area contributed by atoms with E-state index >= 15 is 0 Å². The molecule has 1 aromatic heterocycles. The monoisotopic (exact) mass is 516 g/mol. The van der Waals surface area contributed by atoms with Crippen molar-refractivity contribution in [3.63, 3.8) is 0 Å². The molecular formula is C23H44N2O7Si2. The van der Waals surface area contributed by atoms with Crippen LogP contribution in [0.5, 0.6) is 0 Å². The second kappa shape index (κ2) is 10.5. The Balaban J connectivity index is 2.49. The van der Waals surface area contributed by atoms with Crippen LogP contribution >= 0.6 is 0 Å². The summed E-state index contributed by atoms with van der Waals surface area (Å²) in [5, 5.41) is -0.0458. The van der Waals surface area contributed by atoms with Crippen molar-refractivity contribution < 1.29 is 23.1 Å². The SMILES string of the molecule is COCO[C@H]1[C@@H](O[Si](C)(C)C(C)(C)C)[C@H](n2ccc(=O)[nH]c2=O)O[C@@H]1CO[Si](C)(C)C(C)(C)C. The third-order valence-electron chi connectivity index (χ3n) is 7.44. The molecule has 0 aliphatic carbocycles. The van der Waals surface area contributed by atoms with Crippen LogP contribution in [0.25, 0.3) is 0 Å². The molecule has 0 amide bonds. The normalized spacial score (nSPS) is 24.6. The van der Waals surface area contributed by atoms with Gasteiger partial charge in [-0.25, -0.2) is 4.79 Å². The number of ether oxygens (including phenoxy) is 3. The molecule has 0 radical (unpaired) electrons. The zero-order chi connectivity index (χ0) is 26.1. The lowest BCUT2D eigenvalue weighted by atomic mass is 10.1. The first-order chi connectivity index (χ1) is 15.4. The summed E-state index contributed by atoms with van der Waals surface area (Å²) < 4.78 is 32.4. The molecule has 1 N–H and O–H groups in total. The van der Waals surface area contributed by atoms with Crippen LogP contribution in [0.1, 0.15) is 47.8 Å². The van der Waals surface area contributed by atoms with E-state index in [-0.39, 0.29) is 16.9 Å². The Hall–Kier alpha value is -1.09. The molecule has 11 heteroatoms. The molecule has 0 unspecified atom stereocenters. The van der Waals surface area contributed by atoms with Crippen LogP contribution in [-0.4, -0.2) is 65.0 Å². The third kappa shape index (κ3) is 6.56. The van der Waals surface area contributed by atoms with E-state index in [9.17, 15) is 9.59 Å². The third-order valence-corrected chi connectivity index (χ3v) is 16.4. The maximum Gasteiger partial charge on any atom is 0.330 e. The largest absolute Gasteiger partial charge is 0.414 e. The van der Waals surface area contributed by atoms with E-state index in [0.717, 1.165) is 0 Å². The highest BCUT2D eigenvalue weighted by molar-refractivity contribution is 6.74. The first kappa shape index (κ1) is 29.1. The van der Waals surface area contributed by atoms with Crippen LogP contribution in [0.15, 0.2) is 21.9 Å². The van der Waals surface area contributed by atoms with Crippen molar-refractivity contribution in [1.29, 1.82) is 0 Å². The molecule has 4 atom stereocenters. The number of aromatic amines is 1. The van der Waals surface area contributed by atoms with Gasteiger partial charge in [-0.15, -0.1) is 0 Å². The molecule has 0 saturated carbocycles. The summed E-state index contributed by atoms with van der Waals surface area (Å²) in [6.07, 6.45) is -0.940. The highest BCUT2D eigenvalue weighted by Crippen LogP contribution is 2.43. The Kier molecular flexibility index (Phi) is 8.99. The minimum absolute atomic E-state index is 0.0286. The molecule has 1 aliphatic rings. The molecule has 2 rings (SSSR count). The standard InChI is InChI=1S/C23H44N2O7Si2/c1-22(2,3)33(8,9)30-14-16-18(29-15-28-7)19(32-34(10,11)23(4,5)6)20(31-16)25-13-12-17(26)24-21(25)27/h12-13,16,18-20H,14-15H2,1-11H3,(H,24,26,27)/t16-,18-,19-,20-/m1/s1. The molecule has 2 heterocycles. The van der Waals surface area contributed by atoms with Gasteiger partial charge in [0.25, 0.3) is 5.56 Å². The number of methoxy groups -OCH3 is 1. The Bertz CT molecular complexity index is 931. The van der Waals surface area contributed by atoms with Crippen LogP contribution < -0.4 is 11.2 Å². The van der Waals surface area contributed by atoms with Gasteiger partial charge in [-0.3, -0.25) is 14.3 Å². The van der Waals surface area contributed by atoms with Crippen molar-refractivity contribution in [3.05, 3.63) is 33.1 Å². The maximum absolute atomic E-state index is 12.7. The minimum atomic E-state index is -2.29. The van der Waals surface area contributed by atoms with Crippen molar-refractivity contribution in [2.24, 2.45) is 0 Å². The fourth-order valence-electron chi connectivity index (χ4n) is 3.19. The van der Waals surface area contributed by atoms with Crippen LogP contribution in [0.3, 0.4) is 0 Å². The Labute approximate surface area is 205 Å². The summed E-state index contributed by atoms with van der Waals surface area (Å²) >= 11 is 0. The van der Waals surface area contributed by atoms with Gasteiger partial charge in [0.2, 0.25) is 0 Å². The molecule has 1 fully saturated rings. The van der Waals surface area contributed by atoms with Gasteiger partial charge in [-0.2, -0.15) is 0 Å². The average Bonchev–Trinajstić information content (AvgIpc) is 2.99. The lowest BCUT2D eigenvalue weighted by Gasteiger charge is -2.40. The van der Waals surface area contributed by atoms with Gasteiger partial charge in [-0.1, -0.05) is 41.5 Å². The zero-order valence-corrected chi connectivity index (χ0v) is 24.7. The molecule has 0 spiro atoms. The predicted octanol–water partition coefficient (Wildman–Crippen LogP) is 3.84. The second-order valence-electron chi connectivity index (χ2n) is 12.0. The summed E-state index contributed by atoms with van der Waals surface area (Å²) in [6, 6.07) is 1.30. The molecule has 1 saturated heterocycles. The average molecular weight is 517 g/mol. The fraction of sp³-hybridized carbons (Fsp3) is 0.826. The van der Waals surface area contributed by atoms with Gasteiger partial charge in [0.1, 0.15) is 25.1 Å². The number of rotatable bonds is 9. The lowest BCUT2D eigenvalue weighted by molar-refractivity contribution is -0.117. The second-order valence-corrected chi connectivity index (χ2v) is 21.6. The highest BCUT2D eigenvalue weighted by atomic mass is 28.4. The Morgan fingerprint density at radius 1 is 1.00 bits per heavy atom. The van der Waals surface area contributed by atoms with Crippen molar-refractivity contribution in [1.82, 2.24) is 9.55 Å². The molecule has 0 bridgehead atoms. The van der Waals surface area contributed by atoms with Crippen molar-refractivity contribution in [2.75, 3.05) is 20.5 Å². The Morgan fingerprint density at radius 3 is 2.09 bits per heavy atom. The van der Waals surface area contributed by atoms with Crippen molar-refractivity contribution in [3.8, 4) is 0 Å². The molecule has 9 nitrogen and oxygen atoms in total. The van der Waals surface area contributed by atoms with Gasteiger partial charge in [-0.05, 0) is 36.3 Å². The van der Waals surface area contributed by atoms with E-state index < -0.39 is 52.4 Å². The van der Waals surface area contributed by atoms with E-state index in [1.807, 2.05) is 0 Å². The van der Waals surface area contributed by atoms with Crippen molar-refractivity contribution >= 4 is 16.6 Å². The van der Waals surface area contributed by atoms with Crippen LogP contribution in [0.4, 0.5) is 0 Å². The molecule has 0 aromatic carbocycles. The van der Waals surface area contributed by atoms with E-state index in [1.54, 1.807) is 7.11 Å². The summed E-state index contributed by atoms with van der Waals surface area (Å²) in [5.41, 5.74) is -1.02. The molecule has 1 aliphatic heterocycles. The van der Waals surface area contributed by atoms with Crippen LogP contribution in [0, 0.1) is 0 Å². The summed E-state index contributed by atoms with van der Waals surface area (Å²) in [4.78, 5) is 26.7. The van der Waals surface area contributed by atoms with Gasteiger partial charge in [0.15, 0.2) is 22.9 Å². The lowest BCUT2D eigenvalue weighted by Crippen LogP contribution is -2.51. The van der Waals surface area contributed by atoms with Crippen molar-refractivity contribution in [2.45, 2.75) is 102 Å². The first-order valence-corrected chi connectivity index (χ1v) is 17.6. The van der Waals surface area contributed by atoms with Crippen LogP contribution in [-0.2, 0) is 23.1 Å². The van der Waals surface area contributed by atoms with Crippen LogP contribution in [0.2, 0.25) is 36.3 Å². The Morgan fingerprint density at radius 2 is 1.59 bits per heavy atom. The number of H-pyrrole nitrogens is 1. The van der Waals surface area contributed by atoms with E-state index in [0.29, 0.717) is 6.61 Å². The summed E-state index contributed by atoms with van der Waals surface area (Å²) in [6.45, 7) is 22.0. The van der Waals surface area contributed by atoms with Gasteiger partial charge in [0, 0.05) is 19.4 Å². The number of nitrogens with one attached hydrogen (secondary N) is 1. The first-order valence-electron chi connectivity index (χ1n) is 11.8. The topological polar surface area (TPSA) is 101 Å².